The summed E-state index contributed by atoms with van der Waals surface area (Å²) >= 11 is 1.10. The van der Waals surface area contributed by atoms with Gasteiger partial charge in [-0.3, -0.25) is 4.79 Å². The average molecular weight is 464 g/mol. The lowest BCUT2D eigenvalue weighted by Gasteiger charge is -2.17. The summed E-state index contributed by atoms with van der Waals surface area (Å²) in [6, 6.07) is 11.6. The third-order valence-corrected chi connectivity index (χ3v) is 5.58. The van der Waals surface area contributed by atoms with Crippen molar-refractivity contribution in [1.29, 1.82) is 0 Å². The van der Waals surface area contributed by atoms with E-state index >= 15 is 0 Å². The number of carbonyl (C=O) groups excluding carboxylic acids is 2. The van der Waals surface area contributed by atoms with Gasteiger partial charge >= 0.3 is 12.6 Å². The number of esters is 1. The van der Waals surface area contributed by atoms with Gasteiger partial charge in [0.2, 0.25) is 0 Å². The van der Waals surface area contributed by atoms with Gasteiger partial charge in [-0.2, -0.15) is 8.78 Å². The summed E-state index contributed by atoms with van der Waals surface area (Å²) in [4.78, 5) is 30.7. The molecule has 0 unspecified atom stereocenters. The number of aryl methyl sites for hydroxylation is 1. The molecule has 0 spiro atoms. The summed E-state index contributed by atoms with van der Waals surface area (Å²) in [6.07, 6.45) is 0. The van der Waals surface area contributed by atoms with Crippen LogP contribution in [0, 0.1) is 12.7 Å². The van der Waals surface area contributed by atoms with Gasteiger partial charge < -0.3 is 14.4 Å². The highest BCUT2D eigenvalue weighted by atomic mass is 32.1. The molecule has 1 heterocycles. The van der Waals surface area contributed by atoms with E-state index in [1.165, 1.54) is 36.2 Å². The summed E-state index contributed by atoms with van der Waals surface area (Å²) in [6.45, 7) is -1.53. The molecule has 0 aliphatic rings. The number of amides is 1. The Morgan fingerprint density at radius 2 is 1.75 bits per heavy atom. The monoisotopic (exact) mass is 464 g/mol. The molecule has 6 nitrogen and oxygen atoms in total. The number of hydrogen-bond donors (Lipinski definition) is 0. The minimum atomic E-state index is -2.91. The number of thiazole rings is 1. The number of alkyl halides is 2. The molecule has 0 N–H and O–H groups in total. The lowest BCUT2D eigenvalue weighted by atomic mass is 10.2. The van der Waals surface area contributed by atoms with Crippen LogP contribution in [-0.4, -0.2) is 42.0 Å². The Hall–Kier alpha value is -3.40. The standard InChI is InChI=1S/C22H19F3N2O4S/c1-13-19(32-20(26-13)15-5-7-16(23)8-6-15)21(29)30-12-18(28)27(2)11-14-3-9-17(10-4-14)31-22(24)25/h3-10,22H,11-12H2,1-2H3. The molecule has 1 aromatic heterocycles. The first-order valence-corrected chi connectivity index (χ1v) is 10.2. The minimum absolute atomic E-state index is 0.0200. The van der Waals surface area contributed by atoms with Crippen LogP contribution in [0.2, 0.25) is 0 Å². The summed E-state index contributed by atoms with van der Waals surface area (Å²) in [7, 11) is 1.53. The van der Waals surface area contributed by atoms with E-state index in [0.29, 0.717) is 21.8 Å². The zero-order valence-electron chi connectivity index (χ0n) is 17.2. The lowest BCUT2D eigenvalue weighted by Crippen LogP contribution is -2.30. The van der Waals surface area contributed by atoms with Crippen molar-refractivity contribution in [3.63, 3.8) is 0 Å². The van der Waals surface area contributed by atoms with E-state index in [1.807, 2.05) is 0 Å². The molecule has 1 amide bonds. The average Bonchev–Trinajstić information content (AvgIpc) is 3.15. The molecule has 168 valence electrons. The molecule has 0 saturated heterocycles. The number of carbonyl (C=O) groups is 2. The molecule has 10 heteroatoms. The highest BCUT2D eigenvalue weighted by molar-refractivity contribution is 7.17. The largest absolute Gasteiger partial charge is 0.451 e. The van der Waals surface area contributed by atoms with Crippen molar-refractivity contribution >= 4 is 23.2 Å². The zero-order chi connectivity index (χ0) is 23.3. The van der Waals surface area contributed by atoms with Gasteiger partial charge in [-0.15, -0.1) is 11.3 Å². The minimum Gasteiger partial charge on any atom is -0.451 e. The zero-order valence-corrected chi connectivity index (χ0v) is 18.0. The van der Waals surface area contributed by atoms with Gasteiger partial charge in [0, 0.05) is 19.2 Å². The molecule has 0 saturated carbocycles. The first-order valence-electron chi connectivity index (χ1n) is 9.41. The van der Waals surface area contributed by atoms with Crippen LogP contribution in [0.1, 0.15) is 20.9 Å². The third-order valence-electron chi connectivity index (χ3n) is 4.39. The first kappa shape index (κ1) is 23.3. The molecule has 3 aromatic rings. The predicted octanol–water partition coefficient (Wildman–Crippen LogP) is 4.67. The SMILES string of the molecule is Cc1nc(-c2ccc(F)cc2)sc1C(=O)OCC(=O)N(C)Cc1ccc(OC(F)F)cc1. The van der Waals surface area contributed by atoms with E-state index < -0.39 is 25.1 Å². The number of hydrogen-bond acceptors (Lipinski definition) is 6. The van der Waals surface area contributed by atoms with E-state index in [4.69, 9.17) is 4.74 Å². The van der Waals surface area contributed by atoms with E-state index in [2.05, 4.69) is 9.72 Å². The fourth-order valence-corrected chi connectivity index (χ4v) is 3.71. The van der Waals surface area contributed by atoms with Crippen LogP contribution in [-0.2, 0) is 16.1 Å². The number of ether oxygens (including phenoxy) is 2. The number of likely N-dealkylation sites (N-methyl/N-ethyl adjacent to an activating group) is 1. The van der Waals surface area contributed by atoms with Crippen molar-refractivity contribution in [3.8, 4) is 16.3 Å². The van der Waals surface area contributed by atoms with Gasteiger partial charge in [0.05, 0.1) is 5.69 Å². The Morgan fingerprint density at radius 1 is 1.09 bits per heavy atom. The quantitative estimate of drug-likeness (QED) is 0.453. The molecule has 3 rings (SSSR count). The van der Waals surface area contributed by atoms with Gasteiger partial charge in [-0.1, -0.05) is 12.1 Å². The Balaban J connectivity index is 1.55. The van der Waals surface area contributed by atoms with Crippen LogP contribution in [0.3, 0.4) is 0 Å². The molecule has 32 heavy (non-hydrogen) atoms. The molecule has 0 fully saturated rings. The Labute approximate surface area is 186 Å². The summed E-state index contributed by atoms with van der Waals surface area (Å²) in [5.74, 6) is -1.47. The van der Waals surface area contributed by atoms with Crippen molar-refractivity contribution in [2.75, 3.05) is 13.7 Å². The Kier molecular flexibility index (Phi) is 7.47. The van der Waals surface area contributed by atoms with Crippen molar-refractivity contribution in [3.05, 3.63) is 70.5 Å². The maximum Gasteiger partial charge on any atom is 0.387 e. The number of nitrogens with zero attached hydrogens (tertiary/aromatic N) is 2. The molecular formula is C22H19F3N2O4S. The topological polar surface area (TPSA) is 68.7 Å². The molecule has 2 aromatic carbocycles. The second-order valence-electron chi connectivity index (χ2n) is 6.79. The number of rotatable bonds is 8. The van der Waals surface area contributed by atoms with Crippen molar-refractivity contribution in [2.45, 2.75) is 20.1 Å². The van der Waals surface area contributed by atoms with Gasteiger partial charge in [0.25, 0.3) is 5.91 Å². The number of aromatic nitrogens is 1. The van der Waals surface area contributed by atoms with Crippen molar-refractivity contribution < 1.29 is 32.2 Å². The number of benzene rings is 2. The highest BCUT2D eigenvalue weighted by Gasteiger charge is 2.20. The van der Waals surface area contributed by atoms with Crippen molar-refractivity contribution in [2.24, 2.45) is 0 Å². The van der Waals surface area contributed by atoms with Crippen LogP contribution >= 0.6 is 11.3 Å². The summed E-state index contributed by atoms with van der Waals surface area (Å²) < 4.78 is 46.9. The molecule has 0 aliphatic carbocycles. The Bertz CT molecular complexity index is 1090. The van der Waals surface area contributed by atoms with Gasteiger partial charge in [-0.05, 0) is 48.9 Å². The second-order valence-corrected chi connectivity index (χ2v) is 7.79. The normalized spacial score (nSPS) is 10.8. The number of halogens is 3. The maximum absolute atomic E-state index is 13.1. The van der Waals surface area contributed by atoms with Crippen molar-refractivity contribution in [1.82, 2.24) is 9.88 Å². The lowest BCUT2D eigenvalue weighted by molar-refractivity contribution is -0.133. The van der Waals surface area contributed by atoms with Crippen LogP contribution in [0.15, 0.2) is 48.5 Å². The Morgan fingerprint density at radius 3 is 2.38 bits per heavy atom. The second kappa shape index (κ2) is 10.3. The van der Waals surface area contributed by atoms with Crippen LogP contribution in [0.5, 0.6) is 5.75 Å². The smallest absolute Gasteiger partial charge is 0.387 e. The molecule has 0 bridgehead atoms. The van der Waals surface area contributed by atoms with Gasteiger partial charge in [-0.25, -0.2) is 14.2 Å². The molecule has 0 radical (unpaired) electrons. The van der Waals surface area contributed by atoms with Gasteiger partial charge in [0.15, 0.2) is 6.61 Å². The third kappa shape index (κ3) is 6.07. The van der Waals surface area contributed by atoms with Crippen LogP contribution < -0.4 is 4.74 Å². The van der Waals surface area contributed by atoms with E-state index in [9.17, 15) is 22.8 Å². The van der Waals surface area contributed by atoms with E-state index in [1.54, 1.807) is 31.2 Å². The van der Waals surface area contributed by atoms with Gasteiger partial charge in [0.1, 0.15) is 21.5 Å². The first-order chi connectivity index (χ1) is 15.2. The molecule has 0 aliphatic heterocycles. The van der Waals surface area contributed by atoms with Crippen LogP contribution in [0.4, 0.5) is 13.2 Å². The maximum atomic E-state index is 13.1. The summed E-state index contributed by atoms with van der Waals surface area (Å²) in [5, 5.41) is 0.539. The molecule has 0 atom stereocenters. The predicted molar refractivity (Wildman–Crippen MR) is 112 cm³/mol. The fraction of sp³-hybridized carbons (Fsp3) is 0.227. The van der Waals surface area contributed by atoms with E-state index in [-0.39, 0.29) is 23.0 Å². The summed E-state index contributed by atoms with van der Waals surface area (Å²) in [5.41, 5.74) is 1.81. The molecular weight excluding hydrogens is 445 g/mol. The fourth-order valence-electron chi connectivity index (χ4n) is 2.74. The van der Waals surface area contributed by atoms with Crippen LogP contribution in [0.25, 0.3) is 10.6 Å². The van der Waals surface area contributed by atoms with E-state index in [0.717, 1.165) is 11.3 Å². The highest BCUT2D eigenvalue weighted by Crippen LogP contribution is 2.28.